The van der Waals surface area contributed by atoms with E-state index < -0.39 is 11.6 Å². The van der Waals surface area contributed by atoms with Gasteiger partial charge in [-0.25, -0.2) is 9.78 Å². The topological polar surface area (TPSA) is 94.3 Å². The normalized spacial score (nSPS) is 13.2. The summed E-state index contributed by atoms with van der Waals surface area (Å²) >= 11 is 5.91. The summed E-state index contributed by atoms with van der Waals surface area (Å²) in [5.41, 5.74) is -0.0119. The molecule has 0 saturated carbocycles. The number of ether oxygens (including phenoxy) is 1. The molecule has 0 amide bonds. The molecule has 1 atom stereocenters. The monoisotopic (exact) mass is 381 g/mol. The molecule has 8 heteroatoms. The number of aromatic nitrogens is 3. The molecule has 2 aromatic heterocycles. The van der Waals surface area contributed by atoms with Crippen molar-refractivity contribution in [3.8, 4) is 0 Å². The number of hydrogen-bond acceptors (Lipinski definition) is 5. The Hall–Kier alpha value is -2.15. The Kier molecular flexibility index (Phi) is 5.91. The molecular formula is C18H24ClN3O4. The first-order valence-corrected chi connectivity index (χ1v) is 8.86. The molecule has 0 spiro atoms. The maximum Gasteiger partial charge on any atom is 0.352 e. The predicted molar refractivity (Wildman–Crippen MR) is 98.5 cm³/mol. The molecule has 0 aliphatic heterocycles. The Morgan fingerprint density at radius 2 is 2.00 bits per heavy atom. The molecule has 0 fully saturated rings. The first-order chi connectivity index (χ1) is 12.0. The quantitative estimate of drug-likeness (QED) is 0.597. The molecule has 2 rings (SSSR count). The number of esters is 1. The lowest BCUT2D eigenvalue weighted by atomic mass is 9.98. The van der Waals surface area contributed by atoms with E-state index in [1.165, 1.54) is 12.3 Å². The van der Waals surface area contributed by atoms with Gasteiger partial charge in [-0.15, -0.1) is 0 Å². The van der Waals surface area contributed by atoms with E-state index in [1.807, 2.05) is 34.6 Å². The van der Waals surface area contributed by atoms with Crippen LogP contribution in [0.25, 0.3) is 11.0 Å². The van der Waals surface area contributed by atoms with Crippen molar-refractivity contribution in [2.45, 2.75) is 59.1 Å². The minimum absolute atomic E-state index is 0.0448. The third-order valence-corrected chi connectivity index (χ3v) is 4.11. The Labute approximate surface area is 157 Å². The fourth-order valence-corrected chi connectivity index (χ4v) is 3.04. The van der Waals surface area contributed by atoms with Gasteiger partial charge in [-0.3, -0.25) is 4.79 Å². The van der Waals surface area contributed by atoms with Crippen LogP contribution in [0.15, 0.2) is 12.3 Å². The van der Waals surface area contributed by atoms with E-state index in [2.05, 4.69) is 9.97 Å². The van der Waals surface area contributed by atoms with Gasteiger partial charge in [0.05, 0.1) is 0 Å². The zero-order valence-corrected chi connectivity index (χ0v) is 16.4. The number of carboxylic acids is 1. The smallest absolute Gasteiger partial charge is 0.352 e. The average Bonchev–Trinajstić information content (AvgIpc) is 2.84. The number of hydrogen-bond donors (Lipinski definition) is 1. The number of carbonyl (C=O) groups excluding carboxylic acids is 1. The maximum atomic E-state index is 12.1. The summed E-state index contributed by atoms with van der Waals surface area (Å²) in [6.45, 7) is 9.38. The molecule has 7 nitrogen and oxygen atoms in total. The summed E-state index contributed by atoms with van der Waals surface area (Å²) in [5.74, 6) is -1.31. The van der Waals surface area contributed by atoms with Crippen molar-refractivity contribution >= 4 is 34.6 Å². The van der Waals surface area contributed by atoms with Gasteiger partial charge in [-0.2, -0.15) is 4.98 Å². The fraction of sp³-hybridized carbons (Fsp3) is 0.556. The van der Waals surface area contributed by atoms with Crippen LogP contribution in [0.3, 0.4) is 0 Å². The lowest BCUT2D eigenvalue weighted by Crippen LogP contribution is -2.25. The Bertz CT molecular complexity index is 824. The van der Waals surface area contributed by atoms with Crippen molar-refractivity contribution in [2.75, 3.05) is 0 Å². The molecule has 0 aliphatic carbocycles. The van der Waals surface area contributed by atoms with Crippen LogP contribution >= 0.6 is 11.6 Å². The third kappa shape index (κ3) is 4.72. The zero-order valence-electron chi connectivity index (χ0n) is 15.6. The van der Waals surface area contributed by atoms with E-state index in [4.69, 9.17) is 16.3 Å². The van der Waals surface area contributed by atoms with Crippen molar-refractivity contribution in [3.63, 3.8) is 0 Å². The summed E-state index contributed by atoms with van der Waals surface area (Å²) < 4.78 is 7.00. The zero-order chi connectivity index (χ0) is 19.6. The lowest BCUT2D eigenvalue weighted by molar-refractivity contribution is -0.155. The first-order valence-electron chi connectivity index (χ1n) is 8.48. The molecule has 142 valence electrons. The number of carbonyl (C=O) groups is 2. The van der Waals surface area contributed by atoms with E-state index >= 15 is 0 Å². The minimum Gasteiger partial charge on any atom is -0.477 e. The van der Waals surface area contributed by atoms with Crippen LogP contribution in [0.5, 0.6) is 0 Å². The molecule has 0 saturated heterocycles. The van der Waals surface area contributed by atoms with Crippen molar-refractivity contribution < 1.29 is 19.4 Å². The Morgan fingerprint density at radius 1 is 1.35 bits per heavy atom. The van der Waals surface area contributed by atoms with E-state index in [0.717, 1.165) is 0 Å². The van der Waals surface area contributed by atoms with Crippen LogP contribution in [0, 0.1) is 5.92 Å². The number of carboxylic acid groups (broad SMARTS) is 1. The number of rotatable bonds is 6. The summed E-state index contributed by atoms with van der Waals surface area (Å²) in [6.07, 6.45) is 2.11. The van der Waals surface area contributed by atoms with Crippen LogP contribution < -0.4 is 0 Å². The largest absolute Gasteiger partial charge is 0.477 e. The van der Waals surface area contributed by atoms with Crippen LogP contribution in [-0.4, -0.2) is 37.2 Å². The second-order valence-electron chi connectivity index (χ2n) is 7.56. The van der Waals surface area contributed by atoms with Crippen molar-refractivity contribution in [1.29, 1.82) is 0 Å². The van der Waals surface area contributed by atoms with E-state index in [1.54, 1.807) is 4.57 Å². The molecule has 0 aromatic carbocycles. The summed E-state index contributed by atoms with van der Waals surface area (Å²) in [5, 5.41) is 10.2. The van der Waals surface area contributed by atoms with Gasteiger partial charge in [0, 0.05) is 24.0 Å². The van der Waals surface area contributed by atoms with E-state index in [-0.39, 0.29) is 35.3 Å². The first kappa shape index (κ1) is 20.2. The van der Waals surface area contributed by atoms with Gasteiger partial charge >= 0.3 is 11.9 Å². The number of aromatic carboxylic acids is 1. The fourth-order valence-electron chi connectivity index (χ4n) is 2.91. The SMILES string of the molecule is CC(C)C(CCC(=O)OC(C)(C)C)n1c(C(=O)O)cc2cnc(Cl)nc21. The maximum absolute atomic E-state index is 12.1. The third-order valence-electron chi connectivity index (χ3n) is 3.93. The van der Waals surface area contributed by atoms with Crippen LogP contribution in [0.1, 0.15) is 64.0 Å². The van der Waals surface area contributed by atoms with Gasteiger partial charge in [0.25, 0.3) is 0 Å². The molecule has 1 N–H and O–H groups in total. The highest BCUT2D eigenvalue weighted by molar-refractivity contribution is 6.28. The summed E-state index contributed by atoms with van der Waals surface area (Å²) in [4.78, 5) is 32.0. The molecule has 1 unspecified atom stereocenters. The molecule has 0 radical (unpaired) electrons. The number of halogens is 1. The second-order valence-corrected chi connectivity index (χ2v) is 7.90. The van der Waals surface area contributed by atoms with E-state index in [0.29, 0.717) is 17.5 Å². The van der Waals surface area contributed by atoms with Gasteiger partial charge in [-0.05, 0) is 50.8 Å². The molecule has 2 aromatic rings. The standard InChI is InChI=1S/C18H24ClN3O4/c1-10(2)12(6-7-14(23)26-18(3,4)5)22-13(16(24)25)8-11-9-20-17(19)21-15(11)22/h8-10,12H,6-7H2,1-5H3,(H,24,25). The van der Waals surface area contributed by atoms with E-state index in [9.17, 15) is 14.7 Å². The Balaban J connectivity index is 2.40. The molecule has 26 heavy (non-hydrogen) atoms. The highest BCUT2D eigenvalue weighted by Gasteiger charge is 2.26. The van der Waals surface area contributed by atoms with Gasteiger partial charge in [0.1, 0.15) is 16.9 Å². The summed E-state index contributed by atoms with van der Waals surface area (Å²) in [7, 11) is 0. The van der Waals surface area contributed by atoms with Crippen molar-refractivity contribution in [2.24, 2.45) is 5.92 Å². The highest BCUT2D eigenvalue weighted by atomic mass is 35.5. The Morgan fingerprint density at radius 3 is 2.54 bits per heavy atom. The van der Waals surface area contributed by atoms with Gasteiger partial charge < -0.3 is 14.4 Å². The summed E-state index contributed by atoms with van der Waals surface area (Å²) in [6, 6.07) is 1.27. The van der Waals surface area contributed by atoms with Gasteiger partial charge in [0.2, 0.25) is 5.28 Å². The number of nitrogens with zero attached hydrogens (tertiary/aromatic N) is 3. The molecule has 2 heterocycles. The molecular weight excluding hydrogens is 358 g/mol. The number of fused-ring (bicyclic) bond motifs is 1. The van der Waals surface area contributed by atoms with Crippen LogP contribution in [-0.2, 0) is 9.53 Å². The lowest BCUT2D eigenvalue weighted by Gasteiger charge is -2.26. The van der Waals surface area contributed by atoms with Crippen molar-refractivity contribution in [1.82, 2.24) is 14.5 Å². The minimum atomic E-state index is -1.07. The van der Waals surface area contributed by atoms with Crippen LogP contribution in [0.4, 0.5) is 0 Å². The molecule has 0 bridgehead atoms. The average molecular weight is 382 g/mol. The van der Waals surface area contributed by atoms with Crippen LogP contribution in [0.2, 0.25) is 5.28 Å². The van der Waals surface area contributed by atoms with Gasteiger partial charge in [-0.1, -0.05) is 13.8 Å². The highest BCUT2D eigenvalue weighted by Crippen LogP contribution is 2.31. The second kappa shape index (κ2) is 7.61. The van der Waals surface area contributed by atoms with Gasteiger partial charge in [0.15, 0.2) is 0 Å². The molecule has 0 aliphatic rings. The predicted octanol–water partition coefficient (Wildman–Crippen LogP) is 4.10. The van der Waals surface area contributed by atoms with Crippen molar-refractivity contribution in [3.05, 3.63) is 23.2 Å².